The van der Waals surface area contributed by atoms with E-state index in [-0.39, 0.29) is 0 Å². The second-order valence-corrected chi connectivity index (χ2v) is 8.42. The number of hydrogen-bond donors (Lipinski definition) is 1. The molecule has 1 saturated heterocycles. The topological polar surface area (TPSA) is 39.1 Å². The van der Waals surface area contributed by atoms with Crippen molar-refractivity contribution in [2.75, 3.05) is 25.5 Å². The summed E-state index contributed by atoms with van der Waals surface area (Å²) >= 11 is 1.96. The summed E-state index contributed by atoms with van der Waals surface area (Å²) in [4.78, 5) is 4.81. The normalized spacial score (nSPS) is 18.1. The van der Waals surface area contributed by atoms with E-state index in [0.717, 1.165) is 43.2 Å². The molecule has 2 atom stereocenters. The van der Waals surface area contributed by atoms with Crippen molar-refractivity contribution < 1.29 is 4.74 Å². The summed E-state index contributed by atoms with van der Waals surface area (Å²) in [5.41, 5.74) is 4.61. The van der Waals surface area contributed by atoms with Crippen LogP contribution in [-0.4, -0.2) is 40.4 Å². The molecule has 2 unspecified atom stereocenters. The Morgan fingerprint density at radius 1 is 1.11 bits per heavy atom. The molecule has 0 amide bonds. The molecule has 0 spiro atoms. The van der Waals surface area contributed by atoms with Gasteiger partial charge in [-0.05, 0) is 19.1 Å². The number of aromatic nitrogens is 2. The van der Waals surface area contributed by atoms with Gasteiger partial charge in [-0.25, -0.2) is 4.98 Å². The fraction of sp³-hybridized carbons (Fsp3) is 0.348. The predicted octanol–water partition coefficient (Wildman–Crippen LogP) is 4.85. The highest BCUT2D eigenvalue weighted by Gasteiger charge is 2.19. The molecular formula is C23H27N3OS. The Labute approximate surface area is 171 Å². The molecule has 3 aromatic rings. The first-order chi connectivity index (χ1) is 13.8. The summed E-state index contributed by atoms with van der Waals surface area (Å²) in [5.74, 6) is 1.09. The van der Waals surface area contributed by atoms with Crippen molar-refractivity contribution in [3.05, 3.63) is 67.0 Å². The maximum Gasteiger partial charge on any atom is 0.0963 e. The van der Waals surface area contributed by atoms with Gasteiger partial charge in [-0.1, -0.05) is 60.7 Å². The lowest BCUT2D eigenvalue weighted by Gasteiger charge is -2.24. The second-order valence-electron chi connectivity index (χ2n) is 7.11. The van der Waals surface area contributed by atoms with Crippen LogP contribution in [-0.2, 0) is 4.74 Å². The average molecular weight is 394 g/mol. The van der Waals surface area contributed by atoms with Gasteiger partial charge >= 0.3 is 0 Å². The van der Waals surface area contributed by atoms with Crippen LogP contribution in [0.3, 0.4) is 0 Å². The first-order valence-corrected chi connectivity index (χ1v) is 11.0. The first kappa shape index (κ1) is 19.2. The molecule has 1 aliphatic rings. The molecule has 28 heavy (non-hydrogen) atoms. The van der Waals surface area contributed by atoms with Crippen molar-refractivity contribution in [3.8, 4) is 22.5 Å². The maximum atomic E-state index is 5.55. The standard InChI is InChI=1S/C23H27N3OS/c1-18(12-15-28-21-16-27-14-13-24-21)26-17-25-22(19-8-4-2-5-9-19)23(26)20-10-6-3-7-11-20/h2-11,17-18,21,24H,12-16H2,1H3. The third kappa shape index (κ3) is 4.49. The molecule has 4 rings (SSSR count). The molecule has 1 aromatic heterocycles. The highest BCUT2D eigenvalue weighted by atomic mass is 32.2. The molecule has 5 heteroatoms. The van der Waals surface area contributed by atoms with Crippen LogP contribution >= 0.6 is 11.8 Å². The molecule has 2 aromatic carbocycles. The van der Waals surface area contributed by atoms with E-state index in [4.69, 9.17) is 9.72 Å². The van der Waals surface area contributed by atoms with Crippen molar-refractivity contribution in [1.29, 1.82) is 0 Å². The molecular weight excluding hydrogens is 366 g/mol. The second kappa shape index (κ2) is 9.41. The quantitative estimate of drug-likeness (QED) is 0.623. The van der Waals surface area contributed by atoms with Crippen LogP contribution in [0.5, 0.6) is 0 Å². The summed E-state index contributed by atoms with van der Waals surface area (Å²) in [6.07, 6.45) is 3.09. The number of benzene rings is 2. The summed E-state index contributed by atoms with van der Waals surface area (Å²) < 4.78 is 7.89. The van der Waals surface area contributed by atoms with Crippen molar-refractivity contribution in [3.63, 3.8) is 0 Å². The number of nitrogens with one attached hydrogen (secondary N) is 1. The fourth-order valence-electron chi connectivity index (χ4n) is 3.55. The Morgan fingerprint density at radius 2 is 1.82 bits per heavy atom. The van der Waals surface area contributed by atoms with E-state index in [9.17, 15) is 0 Å². The van der Waals surface area contributed by atoms with Gasteiger partial charge in [0.1, 0.15) is 0 Å². The predicted molar refractivity (Wildman–Crippen MR) is 117 cm³/mol. The van der Waals surface area contributed by atoms with Gasteiger partial charge in [-0.2, -0.15) is 0 Å². The van der Waals surface area contributed by atoms with Gasteiger partial charge in [-0.15, -0.1) is 11.8 Å². The summed E-state index contributed by atoms with van der Waals surface area (Å²) in [5, 5.41) is 3.93. The summed E-state index contributed by atoms with van der Waals surface area (Å²) in [7, 11) is 0. The number of rotatable bonds is 7. The summed E-state index contributed by atoms with van der Waals surface area (Å²) in [6, 6.07) is 21.4. The number of morpholine rings is 1. The third-order valence-electron chi connectivity index (χ3n) is 5.11. The van der Waals surface area contributed by atoms with Gasteiger partial charge in [0.25, 0.3) is 0 Å². The van der Waals surface area contributed by atoms with Crippen LogP contribution in [0.2, 0.25) is 0 Å². The van der Waals surface area contributed by atoms with E-state index in [2.05, 4.69) is 71.4 Å². The van der Waals surface area contributed by atoms with Gasteiger partial charge in [0.2, 0.25) is 0 Å². The summed E-state index contributed by atoms with van der Waals surface area (Å²) in [6.45, 7) is 4.87. The number of thioether (sulfide) groups is 1. The molecule has 146 valence electrons. The largest absolute Gasteiger partial charge is 0.378 e. The molecule has 1 aliphatic heterocycles. The Balaban J connectivity index is 1.55. The Hall–Kier alpha value is -2.08. The molecule has 2 heterocycles. The van der Waals surface area contributed by atoms with Crippen molar-refractivity contribution in [2.24, 2.45) is 0 Å². The fourth-order valence-corrected chi connectivity index (χ4v) is 4.74. The Morgan fingerprint density at radius 3 is 2.50 bits per heavy atom. The van der Waals surface area contributed by atoms with Gasteiger partial charge in [0.05, 0.1) is 36.3 Å². The highest BCUT2D eigenvalue weighted by molar-refractivity contribution is 7.99. The molecule has 0 radical (unpaired) electrons. The first-order valence-electron chi connectivity index (χ1n) is 9.93. The van der Waals surface area contributed by atoms with Crippen LogP contribution < -0.4 is 5.32 Å². The zero-order valence-electron chi connectivity index (χ0n) is 16.3. The number of nitrogens with zero attached hydrogens (tertiary/aromatic N) is 2. The minimum absolute atomic E-state index is 0.372. The van der Waals surface area contributed by atoms with Gasteiger partial charge in [-0.3, -0.25) is 0 Å². The van der Waals surface area contributed by atoms with Crippen LogP contribution in [0.25, 0.3) is 22.5 Å². The number of imidazole rings is 1. The van der Waals surface area contributed by atoms with Crippen molar-refractivity contribution in [1.82, 2.24) is 14.9 Å². The van der Waals surface area contributed by atoms with E-state index in [1.807, 2.05) is 24.2 Å². The molecule has 4 nitrogen and oxygen atoms in total. The van der Waals surface area contributed by atoms with Crippen LogP contribution in [0.15, 0.2) is 67.0 Å². The minimum atomic E-state index is 0.372. The zero-order valence-corrected chi connectivity index (χ0v) is 17.1. The SMILES string of the molecule is CC(CCSC1COCCN1)n1cnc(-c2ccccc2)c1-c1ccccc1. The lowest BCUT2D eigenvalue weighted by molar-refractivity contribution is 0.100. The number of ether oxygens (including phenoxy) is 1. The smallest absolute Gasteiger partial charge is 0.0963 e. The minimum Gasteiger partial charge on any atom is -0.378 e. The molecule has 0 aliphatic carbocycles. The molecule has 0 saturated carbocycles. The van der Waals surface area contributed by atoms with E-state index >= 15 is 0 Å². The van der Waals surface area contributed by atoms with E-state index in [0.29, 0.717) is 11.4 Å². The molecule has 1 fully saturated rings. The Bertz CT molecular complexity index is 860. The van der Waals surface area contributed by atoms with Crippen LogP contribution in [0, 0.1) is 0 Å². The van der Waals surface area contributed by atoms with Gasteiger partial charge in [0, 0.05) is 23.7 Å². The van der Waals surface area contributed by atoms with Gasteiger partial charge in [0.15, 0.2) is 0 Å². The van der Waals surface area contributed by atoms with E-state index in [1.54, 1.807) is 0 Å². The molecule has 1 N–H and O–H groups in total. The monoisotopic (exact) mass is 393 g/mol. The lowest BCUT2D eigenvalue weighted by Crippen LogP contribution is -2.39. The molecule has 0 bridgehead atoms. The van der Waals surface area contributed by atoms with Crippen molar-refractivity contribution >= 4 is 11.8 Å². The Kier molecular flexibility index (Phi) is 6.47. The van der Waals surface area contributed by atoms with E-state index < -0.39 is 0 Å². The highest BCUT2D eigenvalue weighted by Crippen LogP contribution is 2.34. The van der Waals surface area contributed by atoms with Crippen LogP contribution in [0.4, 0.5) is 0 Å². The van der Waals surface area contributed by atoms with E-state index in [1.165, 1.54) is 11.3 Å². The lowest BCUT2D eigenvalue weighted by atomic mass is 10.0. The third-order valence-corrected chi connectivity index (χ3v) is 6.28. The van der Waals surface area contributed by atoms with Gasteiger partial charge < -0.3 is 14.6 Å². The number of hydrogen-bond acceptors (Lipinski definition) is 4. The maximum absolute atomic E-state index is 5.55. The van der Waals surface area contributed by atoms with Crippen LogP contribution in [0.1, 0.15) is 19.4 Å². The van der Waals surface area contributed by atoms with Crippen molar-refractivity contribution in [2.45, 2.75) is 24.8 Å². The zero-order chi connectivity index (χ0) is 19.2. The average Bonchev–Trinajstić information content (AvgIpc) is 3.21.